The Morgan fingerprint density at radius 2 is 1.94 bits per heavy atom. The van der Waals surface area contributed by atoms with E-state index in [0.29, 0.717) is 0 Å². The molecule has 2 unspecified atom stereocenters. The molecular weight excluding hydrogens is 206 g/mol. The summed E-state index contributed by atoms with van der Waals surface area (Å²) in [5.41, 5.74) is 6.50. The van der Waals surface area contributed by atoms with E-state index in [9.17, 15) is 0 Å². The van der Waals surface area contributed by atoms with Gasteiger partial charge in [-0.25, -0.2) is 0 Å². The quantitative estimate of drug-likeness (QED) is 0.714. The normalized spacial score (nSPS) is 27.1. The third-order valence-electron chi connectivity index (χ3n) is 4.65. The average Bonchev–Trinajstić information content (AvgIpc) is 2.28. The SMILES string of the molecule is Cc1cc2c3c(c1)CC(N(C)C)CC3CCC2. The van der Waals surface area contributed by atoms with Crippen LogP contribution in [0.4, 0.5) is 0 Å². The van der Waals surface area contributed by atoms with Gasteiger partial charge in [0.1, 0.15) is 0 Å². The predicted octanol–water partition coefficient (Wildman–Crippen LogP) is 3.29. The predicted molar refractivity (Wildman–Crippen MR) is 72.7 cm³/mol. The lowest BCUT2D eigenvalue weighted by Crippen LogP contribution is -2.36. The maximum Gasteiger partial charge on any atom is 0.0135 e. The fourth-order valence-electron chi connectivity index (χ4n) is 3.83. The third kappa shape index (κ3) is 1.91. The number of likely N-dealkylation sites (N-methyl/N-ethyl adjacent to an activating group) is 1. The largest absolute Gasteiger partial charge is 0.306 e. The second-order valence-electron chi connectivity index (χ2n) is 6.14. The maximum absolute atomic E-state index is 2.44. The van der Waals surface area contributed by atoms with Crippen LogP contribution in [0, 0.1) is 6.92 Å². The molecule has 92 valence electrons. The molecule has 2 aliphatic carbocycles. The zero-order valence-corrected chi connectivity index (χ0v) is 11.3. The lowest BCUT2D eigenvalue weighted by molar-refractivity contribution is 0.242. The van der Waals surface area contributed by atoms with E-state index in [1.54, 1.807) is 16.7 Å². The van der Waals surface area contributed by atoms with Gasteiger partial charge >= 0.3 is 0 Å². The summed E-state index contributed by atoms with van der Waals surface area (Å²) in [4.78, 5) is 2.42. The molecule has 1 heteroatoms. The lowest BCUT2D eigenvalue weighted by atomic mass is 9.71. The molecule has 0 radical (unpaired) electrons. The molecule has 0 saturated carbocycles. The Morgan fingerprint density at radius 1 is 1.18 bits per heavy atom. The van der Waals surface area contributed by atoms with Gasteiger partial charge in [0.2, 0.25) is 0 Å². The molecule has 1 aromatic carbocycles. The summed E-state index contributed by atoms with van der Waals surface area (Å²) in [6.07, 6.45) is 6.74. The van der Waals surface area contributed by atoms with Crippen molar-refractivity contribution in [2.45, 2.75) is 51.0 Å². The van der Waals surface area contributed by atoms with Gasteiger partial charge in [0, 0.05) is 6.04 Å². The third-order valence-corrected chi connectivity index (χ3v) is 4.65. The first-order valence-electron chi connectivity index (χ1n) is 6.94. The first-order valence-corrected chi connectivity index (χ1v) is 6.94. The summed E-state index contributed by atoms with van der Waals surface area (Å²) in [7, 11) is 4.46. The van der Waals surface area contributed by atoms with Crippen LogP contribution in [0.2, 0.25) is 0 Å². The highest BCUT2D eigenvalue weighted by Crippen LogP contribution is 2.42. The van der Waals surface area contributed by atoms with Crippen LogP contribution in [0.25, 0.3) is 0 Å². The van der Waals surface area contributed by atoms with Crippen molar-refractivity contribution < 1.29 is 0 Å². The first kappa shape index (κ1) is 11.3. The minimum absolute atomic E-state index is 0.750. The van der Waals surface area contributed by atoms with E-state index in [1.165, 1.54) is 37.7 Å². The monoisotopic (exact) mass is 229 g/mol. The van der Waals surface area contributed by atoms with Crippen LogP contribution in [0.3, 0.4) is 0 Å². The molecule has 1 nitrogen and oxygen atoms in total. The molecule has 17 heavy (non-hydrogen) atoms. The van der Waals surface area contributed by atoms with Crippen LogP contribution in [0.5, 0.6) is 0 Å². The van der Waals surface area contributed by atoms with Crippen molar-refractivity contribution in [2.24, 2.45) is 0 Å². The highest BCUT2D eigenvalue weighted by atomic mass is 15.1. The van der Waals surface area contributed by atoms with Gasteiger partial charge in [0.05, 0.1) is 0 Å². The van der Waals surface area contributed by atoms with Gasteiger partial charge in [-0.05, 0) is 75.7 Å². The average molecular weight is 229 g/mol. The summed E-state index contributed by atoms with van der Waals surface area (Å²) in [6, 6.07) is 5.62. The second-order valence-corrected chi connectivity index (χ2v) is 6.14. The van der Waals surface area contributed by atoms with Crippen molar-refractivity contribution in [3.05, 3.63) is 34.4 Å². The van der Waals surface area contributed by atoms with Gasteiger partial charge < -0.3 is 4.90 Å². The van der Waals surface area contributed by atoms with E-state index >= 15 is 0 Å². The number of hydrogen-bond donors (Lipinski definition) is 0. The highest BCUT2D eigenvalue weighted by Gasteiger charge is 2.31. The molecule has 0 spiro atoms. The van der Waals surface area contributed by atoms with Crippen molar-refractivity contribution in [2.75, 3.05) is 14.1 Å². The van der Waals surface area contributed by atoms with E-state index in [0.717, 1.165) is 12.0 Å². The van der Waals surface area contributed by atoms with Gasteiger partial charge in [-0.3, -0.25) is 0 Å². The highest BCUT2D eigenvalue weighted by molar-refractivity contribution is 5.45. The van der Waals surface area contributed by atoms with Gasteiger partial charge in [0.25, 0.3) is 0 Å². The molecule has 2 aliphatic rings. The molecule has 0 N–H and O–H groups in total. The summed E-state index contributed by atoms with van der Waals surface area (Å²) in [6.45, 7) is 2.25. The summed E-state index contributed by atoms with van der Waals surface area (Å²) < 4.78 is 0. The Hall–Kier alpha value is -0.820. The van der Waals surface area contributed by atoms with Gasteiger partial charge in [-0.15, -0.1) is 0 Å². The van der Waals surface area contributed by atoms with Crippen molar-refractivity contribution in [1.29, 1.82) is 0 Å². The van der Waals surface area contributed by atoms with Crippen LogP contribution in [0.15, 0.2) is 12.1 Å². The van der Waals surface area contributed by atoms with Crippen molar-refractivity contribution >= 4 is 0 Å². The van der Waals surface area contributed by atoms with Crippen LogP contribution >= 0.6 is 0 Å². The molecule has 0 saturated heterocycles. The van der Waals surface area contributed by atoms with Crippen LogP contribution in [-0.2, 0) is 12.8 Å². The number of hydrogen-bond acceptors (Lipinski definition) is 1. The molecule has 0 fully saturated rings. The maximum atomic E-state index is 2.44. The van der Waals surface area contributed by atoms with Crippen molar-refractivity contribution in [3.63, 3.8) is 0 Å². The summed E-state index contributed by atoms with van der Waals surface area (Å²) >= 11 is 0. The fourth-order valence-corrected chi connectivity index (χ4v) is 3.83. The Morgan fingerprint density at radius 3 is 2.71 bits per heavy atom. The first-order chi connectivity index (χ1) is 8.15. The number of nitrogens with zero attached hydrogens (tertiary/aromatic N) is 1. The standard InChI is InChI=1S/C16H23N/c1-11-7-12-5-4-6-13-9-15(17(2)3)10-14(8-11)16(12)13/h7-8,13,15H,4-6,9-10H2,1-3H3. The van der Waals surface area contributed by atoms with Gasteiger partial charge in [0.15, 0.2) is 0 Å². The van der Waals surface area contributed by atoms with Gasteiger partial charge in [-0.2, -0.15) is 0 Å². The molecule has 1 aromatic rings. The van der Waals surface area contributed by atoms with Crippen LogP contribution in [0.1, 0.15) is 47.4 Å². The lowest BCUT2D eigenvalue weighted by Gasteiger charge is -2.39. The molecule has 0 heterocycles. The Kier molecular flexibility index (Phi) is 2.74. The van der Waals surface area contributed by atoms with E-state index in [1.807, 2.05) is 0 Å². The molecule has 2 atom stereocenters. The summed E-state index contributed by atoms with van der Waals surface area (Å²) in [5.74, 6) is 0.843. The molecular formula is C16H23N. The van der Waals surface area contributed by atoms with E-state index in [4.69, 9.17) is 0 Å². The van der Waals surface area contributed by atoms with Gasteiger partial charge in [-0.1, -0.05) is 17.7 Å². The Balaban J connectivity index is 2.06. The smallest absolute Gasteiger partial charge is 0.0135 e. The zero-order valence-electron chi connectivity index (χ0n) is 11.3. The minimum Gasteiger partial charge on any atom is -0.306 e. The molecule has 0 aromatic heterocycles. The Bertz CT molecular complexity index is 433. The molecule has 3 rings (SSSR count). The topological polar surface area (TPSA) is 3.24 Å². The van der Waals surface area contributed by atoms with Crippen molar-refractivity contribution in [3.8, 4) is 0 Å². The number of aryl methyl sites for hydroxylation is 2. The molecule has 0 bridgehead atoms. The summed E-state index contributed by atoms with van der Waals surface area (Å²) in [5, 5.41) is 0. The second kappa shape index (κ2) is 4.13. The molecule has 0 amide bonds. The minimum atomic E-state index is 0.750. The number of benzene rings is 1. The van der Waals surface area contributed by atoms with Crippen LogP contribution in [-0.4, -0.2) is 25.0 Å². The van der Waals surface area contributed by atoms with E-state index in [2.05, 4.69) is 38.1 Å². The van der Waals surface area contributed by atoms with E-state index < -0.39 is 0 Å². The number of rotatable bonds is 1. The fraction of sp³-hybridized carbons (Fsp3) is 0.625. The Labute approximate surface area is 105 Å². The zero-order chi connectivity index (χ0) is 12.0. The van der Waals surface area contributed by atoms with E-state index in [-0.39, 0.29) is 0 Å². The van der Waals surface area contributed by atoms with Crippen LogP contribution < -0.4 is 0 Å². The van der Waals surface area contributed by atoms with Crippen molar-refractivity contribution in [1.82, 2.24) is 4.90 Å². The molecule has 0 aliphatic heterocycles.